The number of rotatable bonds is 7. The quantitative estimate of drug-likeness (QED) is 0.597. The molecule has 0 saturated carbocycles. The van der Waals surface area contributed by atoms with Gasteiger partial charge in [-0.15, -0.1) is 0 Å². The number of nitrogen functional groups attached to an aromatic ring is 1. The van der Waals surface area contributed by atoms with E-state index in [1.165, 1.54) is 0 Å². The summed E-state index contributed by atoms with van der Waals surface area (Å²) < 4.78 is 0. The number of aromatic nitrogens is 3. The summed E-state index contributed by atoms with van der Waals surface area (Å²) in [6, 6.07) is 3.05. The Labute approximate surface area is 140 Å². The van der Waals surface area contributed by atoms with Gasteiger partial charge in [-0.25, -0.2) is 4.98 Å². The van der Waals surface area contributed by atoms with Crippen LogP contribution < -0.4 is 16.4 Å². The van der Waals surface area contributed by atoms with Crippen LogP contribution in [0.2, 0.25) is 0 Å². The van der Waals surface area contributed by atoms with Gasteiger partial charge in [-0.1, -0.05) is 13.3 Å². The van der Waals surface area contributed by atoms with Crippen LogP contribution in [0, 0.1) is 0 Å². The highest BCUT2D eigenvalue weighted by Gasteiger charge is 2.22. The van der Waals surface area contributed by atoms with Gasteiger partial charge in [0.15, 0.2) is 5.82 Å². The largest absolute Gasteiger partial charge is 0.389 e. The summed E-state index contributed by atoms with van der Waals surface area (Å²) in [4.78, 5) is 25.0. The van der Waals surface area contributed by atoms with E-state index in [9.17, 15) is 9.90 Å². The Morgan fingerprint density at radius 3 is 2.83 bits per heavy atom. The number of aliphatic hydroxyl groups is 1. The van der Waals surface area contributed by atoms with Gasteiger partial charge >= 0.3 is 0 Å². The molecule has 0 aliphatic heterocycles. The molecule has 1 atom stereocenters. The molecule has 2 heterocycles. The van der Waals surface area contributed by atoms with E-state index in [2.05, 4.69) is 25.6 Å². The Morgan fingerprint density at radius 1 is 1.42 bits per heavy atom. The second-order valence-corrected chi connectivity index (χ2v) is 6.32. The van der Waals surface area contributed by atoms with E-state index >= 15 is 0 Å². The van der Waals surface area contributed by atoms with Gasteiger partial charge in [-0.2, -0.15) is 4.98 Å². The number of hydrogen-bond acceptors (Lipinski definition) is 7. The van der Waals surface area contributed by atoms with Crippen LogP contribution in [-0.2, 0) is 4.79 Å². The molecule has 0 fully saturated rings. The summed E-state index contributed by atoms with van der Waals surface area (Å²) in [5.41, 5.74) is 5.94. The molecule has 24 heavy (non-hydrogen) atoms. The van der Waals surface area contributed by atoms with Crippen molar-refractivity contribution < 1.29 is 9.90 Å². The van der Waals surface area contributed by atoms with Crippen molar-refractivity contribution in [2.24, 2.45) is 0 Å². The number of fused-ring (bicyclic) bond motifs is 1. The number of pyridine rings is 1. The van der Waals surface area contributed by atoms with Crippen molar-refractivity contribution in [3.8, 4) is 0 Å². The van der Waals surface area contributed by atoms with Crippen molar-refractivity contribution in [2.75, 3.05) is 17.6 Å². The van der Waals surface area contributed by atoms with E-state index in [1.54, 1.807) is 32.2 Å². The molecule has 0 unspecified atom stereocenters. The molecular weight excluding hydrogens is 308 g/mol. The molecule has 0 spiro atoms. The first-order chi connectivity index (χ1) is 11.3. The first-order valence-electron chi connectivity index (χ1n) is 7.95. The van der Waals surface area contributed by atoms with Gasteiger partial charge in [-0.3, -0.25) is 9.78 Å². The third kappa shape index (κ3) is 4.76. The predicted octanol–water partition coefficient (Wildman–Crippen LogP) is 1.07. The second kappa shape index (κ2) is 7.39. The summed E-state index contributed by atoms with van der Waals surface area (Å²) in [6.07, 6.45) is 3.05. The van der Waals surface area contributed by atoms with E-state index < -0.39 is 11.6 Å². The Kier molecular flexibility index (Phi) is 5.50. The second-order valence-electron chi connectivity index (χ2n) is 6.32. The van der Waals surface area contributed by atoms with E-state index in [1.807, 2.05) is 6.92 Å². The molecule has 5 N–H and O–H groups in total. The van der Waals surface area contributed by atoms with E-state index in [0.717, 1.165) is 6.42 Å². The fourth-order valence-electron chi connectivity index (χ4n) is 2.24. The average Bonchev–Trinajstić information content (AvgIpc) is 2.51. The maximum Gasteiger partial charge on any atom is 0.242 e. The van der Waals surface area contributed by atoms with Crippen LogP contribution in [-0.4, -0.2) is 44.2 Å². The van der Waals surface area contributed by atoms with Crippen molar-refractivity contribution in [3.63, 3.8) is 0 Å². The van der Waals surface area contributed by atoms with Crippen LogP contribution >= 0.6 is 0 Å². The van der Waals surface area contributed by atoms with Crippen LogP contribution in [0.1, 0.15) is 33.6 Å². The first kappa shape index (κ1) is 17.9. The SMILES string of the molecule is CCC[C@H](Nc1nc(N)nc2cccnc12)C(=O)NCC(C)(C)O. The normalized spacial score (nSPS) is 12.8. The molecule has 8 nitrogen and oxygen atoms in total. The van der Waals surface area contributed by atoms with Crippen LogP contribution in [0.5, 0.6) is 0 Å². The zero-order valence-electron chi connectivity index (χ0n) is 14.2. The minimum absolute atomic E-state index is 0.116. The highest BCUT2D eigenvalue weighted by molar-refractivity contribution is 5.90. The van der Waals surface area contributed by atoms with Gasteiger partial charge in [-0.05, 0) is 32.4 Å². The molecule has 2 rings (SSSR count). The van der Waals surface area contributed by atoms with Crippen molar-refractivity contribution in [1.82, 2.24) is 20.3 Å². The van der Waals surface area contributed by atoms with E-state index in [0.29, 0.717) is 23.3 Å². The lowest BCUT2D eigenvalue weighted by atomic mass is 10.1. The minimum Gasteiger partial charge on any atom is -0.389 e. The molecule has 0 radical (unpaired) electrons. The number of nitrogens with two attached hydrogens (primary N) is 1. The summed E-state index contributed by atoms with van der Waals surface area (Å²) in [6.45, 7) is 5.43. The van der Waals surface area contributed by atoms with Crippen molar-refractivity contribution >= 4 is 28.7 Å². The molecule has 0 aliphatic rings. The van der Waals surface area contributed by atoms with Crippen molar-refractivity contribution in [1.29, 1.82) is 0 Å². The highest BCUT2D eigenvalue weighted by atomic mass is 16.3. The number of carbonyl (C=O) groups is 1. The van der Waals surface area contributed by atoms with E-state index in [4.69, 9.17) is 5.73 Å². The van der Waals surface area contributed by atoms with Crippen molar-refractivity contribution in [2.45, 2.75) is 45.3 Å². The molecule has 0 bridgehead atoms. The highest BCUT2D eigenvalue weighted by Crippen LogP contribution is 2.20. The molecule has 0 aliphatic carbocycles. The number of anilines is 2. The molecule has 130 valence electrons. The lowest BCUT2D eigenvalue weighted by molar-refractivity contribution is -0.123. The number of nitrogens with zero attached hydrogens (tertiary/aromatic N) is 3. The summed E-state index contributed by atoms with van der Waals surface area (Å²) in [7, 11) is 0. The summed E-state index contributed by atoms with van der Waals surface area (Å²) in [5.74, 6) is 0.334. The summed E-state index contributed by atoms with van der Waals surface area (Å²) in [5, 5.41) is 15.6. The zero-order chi connectivity index (χ0) is 17.7. The van der Waals surface area contributed by atoms with Crippen LogP contribution in [0.4, 0.5) is 11.8 Å². The minimum atomic E-state index is -0.972. The number of amides is 1. The standard InChI is InChI=1S/C16H24N6O2/c1-4-6-11(14(23)19-9-16(2,3)24)20-13-12-10(7-5-8-18-12)21-15(17)22-13/h5,7-8,11,24H,4,6,9H2,1-3H3,(H,19,23)(H3,17,20,21,22)/t11-/m0/s1. The molecule has 0 saturated heterocycles. The Bertz CT molecular complexity index is 713. The Hall–Kier alpha value is -2.48. The van der Waals surface area contributed by atoms with Gasteiger partial charge in [0.1, 0.15) is 11.6 Å². The predicted molar refractivity (Wildman–Crippen MR) is 93.4 cm³/mol. The van der Waals surface area contributed by atoms with Crippen molar-refractivity contribution in [3.05, 3.63) is 18.3 Å². The molecule has 2 aromatic heterocycles. The number of nitrogens with one attached hydrogen (secondary N) is 2. The molecule has 2 aromatic rings. The van der Waals surface area contributed by atoms with Gasteiger partial charge in [0.2, 0.25) is 11.9 Å². The average molecular weight is 332 g/mol. The maximum absolute atomic E-state index is 12.4. The zero-order valence-corrected chi connectivity index (χ0v) is 14.2. The summed E-state index contributed by atoms with van der Waals surface area (Å²) >= 11 is 0. The Morgan fingerprint density at radius 2 is 2.17 bits per heavy atom. The van der Waals surface area contributed by atoms with Crippen LogP contribution in [0.3, 0.4) is 0 Å². The van der Waals surface area contributed by atoms with Crippen LogP contribution in [0.15, 0.2) is 18.3 Å². The molecule has 8 heteroatoms. The topological polar surface area (TPSA) is 126 Å². The van der Waals surface area contributed by atoms with Gasteiger partial charge < -0.3 is 21.5 Å². The lowest BCUT2D eigenvalue weighted by Crippen LogP contribution is -2.45. The van der Waals surface area contributed by atoms with Gasteiger partial charge in [0, 0.05) is 12.7 Å². The third-order valence-electron chi connectivity index (χ3n) is 3.37. The first-order valence-corrected chi connectivity index (χ1v) is 7.95. The van der Waals surface area contributed by atoms with Gasteiger partial charge in [0.05, 0.1) is 11.1 Å². The van der Waals surface area contributed by atoms with Gasteiger partial charge in [0.25, 0.3) is 0 Å². The number of hydrogen-bond donors (Lipinski definition) is 4. The molecule has 1 amide bonds. The Balaban J connectivity index is 2.23. The monoisotopic (exact) mass is 332 g/mol. The third-order valence-corrected chi connectivity index (χ3v) is 3.37. The maximum atomic E-state index is 12.4. The fourth-order valence-corrected chi connectivity index (χ4v) is 2.24. The fraction of sp³-hybridized carbons (Fsp3) is 0.500. The smallest absolute Gasteiger partial charge is 0.242 e. The number of carbonyl (C=O) groups excluding carboxylic acids is 1. The van der Waals surface area contributed by atoms with E-state index in [-0.39, 0.29) is 18.4 Å². The lowest BCUT2D eigenvalue weighted by Gasteiger charge is -2.22. The van der Waals surface area contributed by atoms with Crippen LogP contribution in [0.25, 0.3) is 11.0 Å². The molecule has 0 aromatic carbocycles. The molecular formula is C16H24N6O2.